The van der Waals surface area contributed by atoms with Crippen LogP contribution in [-0.2, 0) is 16.0 Å². The van der Waals surface area contributed by atoms with Crippen LogP contribution in [0.15, 0.2) is 48.8 Å². The van der Waals surface area contributed by atoms with E-state index in [1.165, 1.54) is 0 Å². The molecule has 1 atom stereocenters. The van der Waals surface area contributed by atoms with Gasteiger partial charge in [0.05, 0.1) is 5.41 Å². The van der Waals surface area contributed by atoms with E-state index in [9.17, 15) is 9.59 Å². The van der Waals surface area contributed by atoms with Gasteiger partial charge in [-0.1, -0.05) is 37.3 Å². The highest BCUT2D eigenvalue weighted by Gasteiger charge is 2.43. The number of nitrogens with zero attached hydrogens (tertiary/aromatic N) is 2. The van der Waals surface area contributed by atoms with Gasteiger partial charge in [-0.05, 0) is 55.9 Å². The van der Waals surface area contributed by atoms with Crippen molar-refractivity contribution in [2.75, 3.05) is 13.1 Å². The van der Waals surface area contributed by atoms with Gasteiger partial charge in [-0.3, -0.25) is 14.6 Å². The smallest absolute Gasteiger partial charge is 0.228 e. The van der Waals surface area contributed by atoms with Gasteiger partial charge in [0, 0.05) is 37.9 Å². The number of aromatic nitrogens is 1. The number of amides is 2. The molecule has 1 saturated heterocycles. The van der Waals surface area contributed by atoms with E-state index in [1.807, 2.05) is 50.1 Å². The fourth-order valence-corrected chi connectivity index (χ4v) is 4.18. The van der Waals surface area contributed by atoms with Gasteiger partial charge >= 0.3 is 0 Å². The molecule has 5 heteroatoms. The van der Waals surface area contributed by atoms with Crippen molar-refractivity contribution in [3.63, 3.8) is 0 Å². The molecule has 1 fully saturated rings. The maximum atomic E-state index is 13.3. The molecule has 0 radical (unpaired) electrons. The Labute approximate surface area is 173 Å². The van der Waals surface area contributed by atoms with E-state index >= 15 is 0 Å². The molecule has 29 heavy (non-hydrogen) atoms. The predicted molar refractivity (Wildman–Crippen MR) is 115 cm³/mol. The van der Waals surface area contributed by atoms with Gasteiger partial charge in [0.25, 0.3) is 0 Å². The summed E-state index contributed by atoms with van der Waals surface area (Å²) >= 11 is 0. The molecule has 5 nitrogen and oxygen atoms in total. The molecule has 0 spiro atoms. The predicted octanol–water partition coefficient (Wildman–Crippen LogP) is 3.83. The largest absolute Gasteiger partial charge is 0.353 e. The zero-order chi connectivity index (χ0) is 20.9. The third-order valence-electron chi connectivity index (χ3n) is 5.60. The number of likely N-dealkylation sites (tertiary alicyclic amines) is 1. The number of piperidine rings is 1. The Morgan fingerprint density at radius 2 is 2.00 bits per heavy atom. The van der Waals surface area contributed by atoms with Crippen LogP contribution in [0.25, 0.3) is 11.1 Å². The Hall–Kier alpha value is -2.69. The number of rotatable bonds is 6. The van der Waals surface area contributed by atoms with Gasteiger partial charge in [0.2, 0.25) is 11.8 Å². The van der Waals surface area contributed by atoms with Crippen molar-refractivity contribution in [1.82, 2.24) is 15.2 Å². The summed E-state index contributed by atoms with van der Waals surface area (Å²) in [6.07, 6.45) is 6.34. The number of hydrogen-bond acceptors (Lipinski definition) is 3. The number of pyridine rings is 1. The number of hydrogen-bond donors (Lipinski definition) is 1. The van der Waals surface area contributed by atoms with Gasteiger partial charge in [-0.15, -0.1) is 0 Å². The zero-order valence-electron chi connectivity index (χ0n) is 17.6. The van der Waals surface area contributed by atoms with Crippen LogP contribution in [0, 0.1) is 5.41 Å². The Bertz CT molecular complexity index is 850. The van der Waals surface area contributed by atoms with Gasteiger partial charge in [-0.2, -0.15) is 0 Å². The van der Waals surface area contributed by atoms with Gasteiger partial charge in [-0.25, -0.2) is 0 Å². The highest BCUT2D eigenvalue weighted by Crippen LogP contribution is 2.35. The summed E-state index contributed by atoms with van der Waals surface area (Å²) in [5.41, 5.74) is 2.66. The highest BCUT2D eigenvalue weighted by atomic mass is 16.2. The maximum absolute atomic E-state index is 13.3. The molecule has 2 heterocycles. The first-order valence-electron chi connectivity index (χ1n) is 10.5. The second kappa shape index (κ2) is 9.21. The average molecular weight is 394 g/mol. The minimum atomic E-state index is -0.596. The first kappa shape index (κ1) is 21.0. The Morgan fingerprint density at radius 1 is 1.21 bits per heavy atom. The summed E-state index contributed by atoms with van der Waals surface area (Å²) in [6.45, 7) is 7.05. The van der Waals surface area contributed by atoms with E-state index < -0.39 is 5.41 Å². The molecule has 2 amide bonds. The van der Waals surface area contributed by atoms with Crippen LogP contribution >= 0.6 is 0 Å². The van der Waals surface area contributed by atoms with Crippen molar-refractivity contribution >= 4 is 11.8 Å². The summed E-state index contributed by atoms with van der Waals surface area (Å²) in [6, 6.07) is 12.3. The van der Waals surface area contributed by atoms with Crippen molar-refractivity contribution in [2.24, 2.45) is 5.41 Å². The van der Waals surface area contributed by atoms with Gasteiger partial charge in [0.15, 0.2) is 0 Å². The van der Waals surface area contributed by atoms with Crippen molar-refractivity contribution in [3.05, 3.63) is 54.4 Å². The number of carbonyl (C=O) groups is 2. The van der Waals surface area contributed by atoms with E-state index in [1.54, 1.807) is 6.20 Å². The third kappa shape index (κ3) is 5.03. The molecule has 1 N–H and O–H groups in total. The second-order valence-corrected chi connectivity index (χ2v) is 8.30. The number of benzene rings is 1. The Balaban J connectivity index is 1.91. The lowest BCUT2D eigenvalue weighted by Crippen LogP contribution is -2.55. The molecular weight excluding hydrogens is 362 g/mol. The summed E-state index contributed by atoms with van der Waals surface area (Å²) in [4.78, 5) is 31.7. The average Bonchev–Trinajstić information content (AvgIpc) is 2.73. The molecule has 1 aliphatic rings. The molecule has 3 rings (SSSR count). The van der Waals surface area contributed by atoms with Crippen LogP contribution in [0.1, 0.15) is 45.6 Å². The van der Waals surface area contributed by atoms with E-state index in [-0.39, 0.29) is 17.9 Å². The van der Waals surface area contributed by atoms with Crippen LogP contribution in [0.3, 0.4) is 0 Å². The molecule has 1 aromatic heterocycles. The first-order valence-corrected chi connectivity index (χ1v) is 10.5. The molecule has 1 aliphatic heterocycles. The standard InChI is InChI=1S/C24H31N3O2/c1-4-22(28)27-13-7-11-24(17-27,23(29)26-18(2)3)15-19-8-5-9-20(14-19)21-10-6-12-25-16-21/h5-6,8-10,12,14,16,18H,4,7,11,13,15,17H2,1-3H3,(H,26,29)/t24-/m0/s1. The minimum absolute atomic E-state index is 0.0490. The molecule has 1 aromatic carbocycles. The normalized spacial score (nSPS) is 19.2. The molecule has 0 aliphatic carbocycles. The summed E-state index contributed by atoms with van der Waals surface area (Å²) in [5.74, 6) is 0.170. The number of carbonyl (C=O) groups excluding carboxylic acids is 2. The van der Waals surface area contributed by atoms with Gasteiger partial charge < -0.3 is 10.2 Å². The van der Waals surface area contributed by atoms with Crippen LogP contribution in [0.5, 0.6) is 0 Å². The minimum Gasteiger partial charge on any atom is -0.353 e. The van der Waals surface area contributed by atoms with Crippen molar-refractivity contribution in [3.8, 4) is 11.1 Å². The lowest BCUT2D eigenvalue weighted by atomic mass is 9.73. The quantitative estimate of drug-likeness (QED) is 0.811. The Kier molecular flexibility index (Phi) is 6.68. The molecule has 0 unspecified atom stereocenters. The topological polar surface area (TPSA) is 62.3 Å². The van der Waals surface area contributed by atoms with E-state index in [0.717, 1.165) is 36.1 Å². The third-order valence-corrected chi connectivity index (χ3v) is 5.60. The SMILES string of the molecule is CCC(=O)N1CCC[C@@](Cc2cccc(-c3cccnc3)c2)(C(=O)NC(C)C)C1. The van der Waals surface area contributed by atoms with Crippen LogP contribution in [0.2, 0.25) is 0 Å². The van der Waals surface area contributed by atoms with Crippen molar-refractivity contribution in [1.29, 1.82) is 0 Å². The highest BCUT2D eigenvalue weighted by molar-refractivity contribution is 5.85. The fourth-order valence-electron chi connectivity index (χ4n) is 4.18. The van der Waals surface area contributed by atoms with Crippen molar-refractivity contribution in [2.45, 2.75) is 52.5 Å². The maximum Gasteiger partial charge on any atom is 0.228 e. The molecule has 154 valence electrons. The van der Waals surface area contributed by atoms with Crippen molar-refractivity contribution < 1.29 is 9.59 Å². The lowest BCUT2D eigenvalue weighted by molar-refractivity contribution is -0.141. The molecular formula is C24H31N3O2. The van der Waals surface area contributed by atoms with Crippen LogP contribution in [-0.4, -0.2) is 40.8 Å². The number of nitrogens with one attached hydrogen (secondary N) is 1. The van der Waals surface area contributed by atoms with Gasteiger partial charge in [0.1, 0.15) is 0 Å². The molecule has 0 saturated carbocycles. The lowest BCUT2D eigenvalue weighted by Gasteiger charge is -2.42. The molecule has 0 bridgehead atoms. The van der Waals surface area contributed by atoms with E-state index in [0.29, 0.717) is 19.4 Å². The van der Waals surface area contributed by atoms with E-state index in [4.69, 9.17) is 0 Å². The van der Waals surface area contributed by atoms with E-state index in [2.05, 4.69) is 28.5 Å². The zero-order valence-corrected chi connectivity index (χ0v) is 17.6. The fraction of sp³-hybridized carbons (Fsp3) is 0.458. The summed E-state index contributed by atoms with van der Waals surface area (Å²) in [7, 11) is 0. The monoisotopic (exact) mass is 393 g/mol. The first-order chi connectivity index (χ1) is 13.9. The van der Waals surface area contributed by atoms with Crippen LogP contribution < -0.4 is 5.32 Å². The summed E-state index contributed by atoms with van der Waals surface area (Å²) in [5, 5.41) is 3.11. The summed E-state index contributed by atoms with van der Waals surface area (Å²) < 4.78 is 0. The van der Waals surface area contributed by atoms with Crippen LogP contribution in [0.4, 0.5) is 0 Å². The Morgan fingerprint density at radius 3 is 2.69 bits per heavy atom. The molecule has 2 aromatic rings. The second-order valence-electron chi connectivity index (χ2n) is 8.30.